The van der Waals surface area contributed by atoms with Gasteiger partial charge in [-0.15, -0.1) is 0 Å². The summed E-state index contributed by atoms with van der Waals surface area (Å²) in [6.07, 6.45) is 0.273. The number of rotatable bonds is 6. The fraction of sp³-hybridized carbons (Fsp3) is 0.429. The first kappa shape index (κ1) is 16.0. The Morgan fingerprint density at radius 1 is 1.30 bits per heavy atom. The van der Waals surface area contributed by atoms with Gasteiger partial charge in [-0.3, -0.25) is 4.79 Å². The number of esters is 1. The molecule has 20 heavy (non-hydrogen) atoms. The van der Waals surface area contributed by atoms with Crippen molar-refractivity contribution < 1.29 is 19.1 Å². The van der Waals surface area contributed by atoms with Crippen molar-refractivity contribution in [3.63, 3.8) is 0 Å². The molecular weight excluding hydrogens is 260 g/mol. The Morgan fingerprint density at radius 2 is 1.95 bits per heavy atom. The van der Waals surface area contributed by atoms with Gasteiger partial charge in [-0.1, -0.05) is 18.2 Å². The third-order valence-electron chi connectivity index (χ3n) is 2.83. The summed E-state index contributed by atoms with van der Waals surface area (Å²) in [6.45, 7) is 1.55. The standard InChI is InChI=1S/C14H20N2O4/c1-9(15)13(17)16-11(14(18)20-3)8-10-6-4-5-7-12(10)19-2/h4-7,9,11H,8,15H2,1-3H3,(H,16,17)/t9-,11+/m1/s1. The Hall–Kier alpha value is -2.08. The lowest BCUT2D eigenvalue weighted by molar-refractivity contribution is -0.145. The summed E-state index contributed by atoms with van der Waals surface area (Å²) in [5.41, 5.74) is 6.29. The summed E-state index contributed by atoms with van der Waals surface area (Å²) in [6, 6.07) is 5.79. The van der Waals surface area contributed by atoms with E-state index in [0.717, 1.165) is 5.56 Å². The van der Waals surface area contributed by atoms with Crippen LogP contribution in [0.25, 0.3) is 0 Å². The Morgan fingerprint density at radius 3 is 2.50 bits per heavy atom. The number of carbonyl (C=O) groups is 2. The van der Waals surface area contributed by atoms with Crippen LogP contribution in [0.15, 0.2) is 24.3 Å². The highest BCUT2D eigenvalue weighted by Crippen LogP contribution is 2.19. The highest BCUT2D eigenvalue weighted by atomic mass is 16.5. The molecule has 0 spiro atoms. The van der Waals surface area contributed by atoms with Crippen molar-refractivity contribution in [2.75, 3.05) is 14.2 Å². The number of hydrogen-bond donors (Lipinski definition) is 2. The molecule has 0 bridgehead atoms. The molecular formula is C14H20N2O4. The van der Waals surface area contributed by atoms with E-state index in [1.807, 2.05) is 18.2 Å². The second-order valence-corrected chi connectivity index (χ2v) is 4.39. The van der Waals surface area contributed by atoms with E-state index in [2.05, 4.69) is 5.32 Å². The van der Waals surface area contributed by atoms with E-state index in [0.29, 0.717) is 5.75 Å². The molecule has 0 aliphatic rings. The van der Waals surface area contributed by atoms with Crippen LogP contribution in [0.3, 0.4) is 0 Å². The zero-order chi connectivity index (χ0) is 15.1. The van der Waals surface area contributed by atoms with Crippen LogP contribution in [0.1, 0.15) is 12.5 Å². The second-order valence-electron chi connectivity index (χ2n) is 4.39. The van der Waals surface area contributed by atoms with E-state index in [9.17, 15) is 9.59 Å². The maximum atomic E-state index is 11.8. The van der Waals surface area contributed by atoms with E-state index >= 15 is 0 Å². The molecule has 6 heteroatoms. The van der Waals surface area contributed by atoms with Gasteiger partial charge in [0.25, 0.3) is 0 Å². The molecule has 1 rings (SSSR count). The van der Waals surface area contributed by atoms with Gasteiger partial charge in [0.1, 0.15) is 11.8 Å². The molecule has 0 saturated heterocycles. The molecule has 6 nitrogen and oxygen atoms in total. The van der Waals surface area contributed by atoms with Crippen LogP contribution in [-0.4, -0.2) is 38.2 Å². The van der Waals surface area contributed by atoms with Gasteiger partial charge >= 0.3 is 5.97 Å². The summed E-state index contributed by atoms with van der Waals surface area (Å²) >= 11 is 0. The third-order valence-corrected chi connectivity index (χ3v) is 2.83. The van der Waals surface area contributed by atoms with Crippen molar-refractivity contribution in [3.05, 3.63) is 29.8 Å². The van der Waals surface area contributed by atoms with Crippen molar-refractivity contribution >= 4 is 11.9 Å². The molecule has 0 aromatic heterocycles. The van der Waals surface area contributed by atoms with Crippen LogP contribution >= 0.6 is 0 Å². The predicted molar refractivity (Wildman–Crippen MR) is 74.3 cm³/mol. The Labute approximate surface area is 118 Å². The van der Waals surface area contributed by atoms with E-state index in [1.165, 1.54) is 7.11 Å². The molecule has 0 fully saturated rings. The van der Waals surface area contributed by atoms with Gasteiger partial charge in [0, 0.05) is 6.42 Å². The van der Waals surface area contributed by atoms with Crippen molar-refractivity contribution in [3.8, 4) is 5.75 Å². The van der Waals surface area contributed by atoms with E-state index in [1.54, 1.807) is 20.1 Å². The monoisotopic (exact) mass is 280 g/mol. The fourth-order valence-corrected chi connectivity index (χ4v) is 1.73. The first-order chi connectivity index (χ1) is 9.49. The third kappa shape index (κ3) is 4.24. The number of ether oxygens (including phenoxy) is 2. The maximum absolute atomic E-state index is 11.8. The first-order valence-electron chi connectivity index (χ1n) is 6.25. The van der Waals surface area contributed by atoms with Gasteiger partial charge in [-0.25, -0.2) is 4.79 Å². The van der Waals surface area contributed by atoms with Gasteiger partial charge in [-0.2, -0.15) is 0 Å². The Kier molecular flexibility index (Phi) is 5.99. The number of carbonyl (C=O) groups excluding carboxylic acids is 2. The van der Waals surface area contributed by atoms with Crippen molar-refractivity contribution in [2.24, 2.45) is 5.73 Å². The van der Waals surface area contributed by atoms with Crippen LogP contribution in [0.5, 0.6) is 5.75 Å². The average molecular weight is 280 g/mol. The SMILES string of the molecule is COC(=O)[C@H](Cc1ccccc1OC)NC(=O)[C@@H](C)N. The maximum Gasteiger partial charge on any atom is 0.328 e. The van der Waals surface area contributed by atoms with Crippen LogP contribution in [0.4, 0.5) is 0 Å². The lowest BCUT2D eigenvalue weighted by Gasteiger charge is -2.19. The fourth-order valence-electron chi connectivity index (χ4n) is 1.73. The quantitative estimate of drug-likeness (QED) is 0.729. The summed E-state index contributed by atoms with van der Waals surface area (Å²) in [5.74, 6) is -0.281. The van der Waals surface area contributed by atoms with Gasteiger partial charge < -0.3 is 20.5 Å². The minimum atomic E-state index is -0.796. The molecule has 0 aliphatic carbocycles. The van der Waals surface area contributed by atoms with E-state index in [-0.39, 0.29) is 6.42 Å². The van der Waals surface area contributed by atoms with Gasteiger partial charge in [0.15, 0.2) is 0 Å². The predicted octanol–water partition coefficient (Wildman–Crippen LogP) is 0.243. The molecule has 1 aromatic rings. The highest BCUT2D eigenvalue weighted by Gasteiger charge is 2.24. The zero-order valence-corrected chi connectivity index (χ0v) is 11.9. The largest absolute Gasteiger partial charge is 0.496 e. The number of nitrogens with one attached hydrogen (secondary N) is 1. The summed E-state index contributed by atoms with van der Waals surface area (Å²) in [4.78, 5) is 23.4. The zero-order valence-electron chi connectivity index (χ0n) is 11.9. The first-order valence-corrected chi connectivity index (χ1v) is 6.25. The average Bonchev–Trinajstić information content (AvgIpc) is 2.45. The summed E-state index contributed by atoms with van der Waals surface area (Å²) in [7, 11) is 2.82. The number of benzene rings is 1. The number of amides is 1. The molecule has 0 unspecified atom stereocenters. The van der Waals surface area contributed by atoms with E-state index < -0.39 is 24.0 Å². The van der Waals surface area contributed by atoms with Crippen LogP contribution < -0.4 is 15.8 Å². The molecule has 1 amide bonds. The second kappa shape index (κ2) is 7.49. The molecule has 2 atom stereocenters. The molecule has 0 heterocycles. The molecule has 0 saturated carbocycles. The minimum absolute atomic E-state index is 0.273. The summed E-state index contributed by atoms with van der Waals surface area (Å²) in [5, 5.41) is 2.57. The number of para-hydroxylation sites is 1. The molecule has 0 aliphatic heterocycles. The lowest BCUT2D eigenvalue weighted by atomic mass is 10.0. The Balaban J connectivity index is 2.89. The smallest absolute Gasteiger partial charge is 0.328 e. The normalized spacial score (nSPS) is 13.2. The molecule has 3 N–H and O–H groups in total. The lowest BCUT2D eigenvalue weighted by Crippen LogP contribution is -2.48. The molecule has 0 radical (unpaired) electrons. The van der Waals surface area contributed by atoms with Gasteiger partial charge in [0.2, 0.25) is 5.91 Å². The van der Waals surface area contributed by atoms with Crippen LogP contribution in [0, 0.1) is 0 Å². The topological polar surface area (TPSA) is 90.6 Å². The van der Waals surface area contributed by atoms with Crippen LogP contribution in [0.2, 0.25) is 0 Å². The van der Waals surface area contributed by atoms with E-state index in [4.69, 9.17) is 15.2 Å². The highest BCUT2D eigenvalue weighted by molar-refractivity contribution is 5.87. The van der Waals surface area contributed by atoms with Gasteiger partial charge in [-0.05, 0) is 18.6 Å². The number of methoxy groups -OCH3 is 2. The minimum Gasteiger partial charge on any atom is -0.496 e. The van der Waals surface area contributed by atoms with Gasteiger partial charge in [0.05, 0.1) is 20.3 Å². The Bertz CT molecular complexity index is 474. The number of hydrogen-bond acceptors (Lipinski definition) is 5. The molecule has 110 valence electrons. The number of nitrogens with two attached hydrogens (primary N) is 1. The van der Waals surface area contributed by atoms with Crippen LogP contribution in [-0.2, 0) is 20.7 Å². The van der Waals surface area contributed by atoms with Crippen molar-refractivity contribution in [1.82, 2.24) is 5.32 Å². The van der Waals surface area contributed by atoms with Crippen molar-refractivity contribution in [1.29, 1.82) is 0 Å². The van der Waals surface area contributed by atoms with Crippen molar-refractivity contribution in [2.45, 2.75) is 25.4 Å². The molecule has 1 aromatic carbocycles. The summed E-state index contributed by atoms with van der Waals surface area (Å²) < 4.78 is 9.93.